The fraction of sp³-hybridized carbons (Fsp3) is 0.647. The van der Waals surface area contributed by atoms with Crippen LogP contribution in [-0.2, 0) is 6.42 Å². The van der Waals surface area contributed by atoms with Crippen molar-refractivity contribution >= 4 is 0 Å². The van der Waals surface area contributed by atoms with Crippen molar-refractivity contribution in [2.75, 3.05) is 13.1 Å². The standard InChI is InChI=1S/C17H27F2N/c1-13(2)12-20-9-7-5-4-6-8-15-10-14(3)16(18)11-17(15)19/h10-11,13,20H,4-9,12H2,1-3H3. The molecule has 1 N–H and O–H groups in total. The normalized spacial score (nSPS) is 11.3. The van der Waals surface area contributed by atoms with Crippen molar-refractivity contribution in [3.05, 3.63) is 34.9 Å². The Morgan fingerprint density at radius 2 is 1.70 bits per heavy atom. The third-order valence-electron chi connectivity index (χ3n) is 3.43. The molecule has 0 saturated carbocycles. The van der Waals surface area contributed by atoms with Gasteiger partial charge in [-0.25, -0.2) is 8.78 Å². The lowest BCUT2D eigenvalue weighted by atomic mass is 10.0. The Morgan fingerprint density at radius 1 is 1.00 bits per heavy atom. The van der Waals surface area contributed by atoms with Gasteiger partial charge in [-0.15, -0.1) is 0 Å². The topological polar surface area (TPSA) is 12.0 Å². The van der Waals surface area contributed by atoms with Crippen LogP contribution in [0.3, 0.4) is 0 Å². The average molecular weight is 283 g/mol. The molecule has 0 heterocycles. The number of aryl methyl sites for hydroxylation is 2. The molecular formula is C17H27F2N. The van der Waals surface area contributed by atoms with Crippen molar-refractivity contribution < 1.29 is 8.78 Å². The lowest BCUT2D eigenvalue weighted by molar-refractivity contribution is 0.523. The molecule has 3 heteroatoms. The summed E-state index contributed by atoms with van der Waals surface area (Å²) in [6.07, 6.45) is 5.09. The smallest absolute Gasteiger partial charge is 0.129 e. The van der Waals surface area contributed by atoms with Gasteiger partial charge in [-0.3, -0.25) is 0 Å². The lowest BCUT2D eigenvalue weighted by Crippen LogP contribution is -2.20. The summed E-state index contributed by atoms with van der Waals surface area (Å²) in [5.74, 6) is -0.172. The zero-order valence-corrected chi connectivity index (χ0v) is 12.9. The van der Waals surface area contributed by atoms with E-state index in [2.05, 4.69) is 19.2 Å². The predicted molar refractivity (Wildman–Crippen MR) is 81.0 cm³/mol. The molecule has 1 aromatic rings. The summed E-state index contributed by atoms with van der Waals surface area (Å²) >= 11 is 0. The van der Waals surface area contributed by atoms with Gasteiger partial charge in [0, 0.05) is 6.07 Å². The SMILES string of the molecule is Cc1cc(CCCCCCNCC(C)C)c(F)cc1F. The highest BCUT2D eigenvalue weighted by molar-refractivity contribution is 5.25. The third kappa shape index (κ3) is 6.47. The van der Waals surface area contributed by atoms with Crippen molar-refractivity contribution in [1.29, 1.82) is 0 Å². The molecule has 0 radical (unpaired) electrons. The summed E-state index contributed by atoms with van der Waals surface area (Å²) in [7, 11) is 0. The van der Waals surface area contributed by atoms with Crippen LogP contribution >= 0.6 is 0 Å². The summed E-state index contributed by atoms with van der Waals surface area (Å²) in [5.41, 5.74) is 1.17. The molecule has 0 spiro atoms. The van der Waals surface area contributed by atoms with E-state index in [0.29, 0.717) is 23.5 Å². The van der Waals surface area contributed by atoms with Gasteiger partial charge in [0.1, 0.15) is 11.6 Å². The molecule has 114 valence electrons. The van der Waals surface area contributed by atoms with Crippen LogP contribution in [0.2, 0.25) is 0 Å². The molecule has 1 nitrogen and oxygen atoms in total. The van der Waals surface area contributed by atoms with Gasteiger partial charge in [0.2, 0.25) is 0 Å². The quantitative estimate of drug-likeness (QED) is 0.652. The Kier molecular flexibility index (Phi) is 7.75. The van der Waals surface area contributed by atoms with E-state index in [4.69, 9.17) is 0 Å². The summed E-state index contributed by atoms with van der Waals surface area (Å²) in [6, 6.07) is 2.63. The van der Waals surface area contributed by atoms with Gasteiger partial charge in [0.25, 0.3) is 0 Å². The van der Waals surface area contributed by atoms with Crippen LogP contribution in [0.25, 0.3) is 0 Å². The van der Waals surface area contributed by atoms with E-state index >= 15 is 0 Å². The van der Waals surface area contributed by atoms with E-state index in [1.54, 1.807) is 13.0 Å². The van der Waals surface area contributed by atoms with E-state index in [1.165, 1.54) is 0 Å². The first-order valence-electron chi connectivity index (χ1n) is 7.66. The Balaban J connectivity index is 2.14. The first-order valence-corrected chi connectivity index (χ1v) is 7.66. The zero-order valence-electron chi connectivity index (χ0n) is 12.9. The van der Waals surface area contributed by atoms with Gasteiger partial charge < -0.3 is 5.32 Å². The molecule has 0 bridgehead atoms. The highest BCUT2D eigenvalue weighted by Crippen LogP contribution is 2.16. The van der Waals surface area contributed by atoms with Crippen LogP contribution in [-0.4, -0.2) is 13.1 Å². The van der Waals surface area contributed by atoms with Crippen LogP contribution in [0.5, 0.6) is 0 Å². The van der Waals surface area contributed by atoms with Crippen molar-refractivity contribution in [2.45, 2.75) is 52.9 Å². The highest BCUT2D eigenvalue weighted by atomic mass is 19.1. The molecule has 0 aliphatic heterocycles. The first kappa shape index (κ1) is 17.1. The second-order valence-corrected chi connectivity index (χ2v) is 5.95. The molecule has 20 heavy (non-hydrogen) atoms. The van der Waals surface area contributed by atoms with Gasteiger partial charge in [-0.05, 0) is 56.3 Å². The lowest BCUT2D eigenvalue weighted by Gasteiger charge is -2.08. The van der Waals surface area contributed by atoms with E-state index in [-0.39, 0.29) is 0 Å². The monoisotopic (exact) mass is 283 g/mol. The van der Waals surface area contributed by atoms with Crippen molar-refractivity contribution in [1.82, 2.24) is 5.32 Å². The van der Waals surface area contributed by atoms with E-state index in [0.717, 1.165) is 44.8 Å². The van der Waals surface area contributed by atoms with E-state index in [9.17, 15) is 8.78 Å². The molecule has 0 saturated heterocycles. The molecule has 1 aromatic carbocycles. The van der Waals surface area contributed by atoms with E-state index in [1.807, 2.05) is 0 Å². The van der Waals surface area contributed by atoms with Crippen LogP contribution in [0.15, 0.2) is 12.1 Å². The number of unbranched alkanes of at least 4 members (excludes halogenated alkanes) is 3. The third-order valence-corrected chi connectivity index (χ3v) is 3.43. The molecule has 0 aromatic heterocycles. The number of benzene rings is 1. The van der Waals surface area contributed by atoms with Crippen LogP contribution in [0, 0.1) is 24.5 Å². The maximum Gasteiger partial charge on any atom is 0.129 e. The number of hydrogen-bond acceptors (Lipinski definition) is 1. The van der Waals surface area contributed by atoms with Crippen LogP contribution in [0.1, 0.15) is 50.7 Å². The minimum Gasteiger partial charge on any atom is -0.316 e. The Morgan fingerprint density at radius 3 is 2.40 bits per heavy atom. The number of rotatable bonds is 9. The fourth-order valence-corrected chi connectivity index (χ4v) is 2.22. The van der Waals surface area contributed by atoms with Crippen molar-refractivity contribution in [3.63, 3.8) is 0 Å². The molecule has 0 aliphatic carbocycles. The summed E-state index contributed by atoms with van der Waals surface area (Å²) < 4.78 is 26.7. The van der Waals surface area contributed by atoms with Crippen LogP contribution < -0.4 is 5.32 Å². The maximum atomic E-state index is 13.5. The van der Waals surface area contributed by atoms with Gasteiger partial charge in [0.15, 0.2) is 0 Å². The molecule has 0 atom stereocenters. The zero-order chi connectivity index (χ0) is 15.0. The van der Waals surface area contributed by atoms with Gasteiger partial charge in [-0.1, -0.05) is 32.8 Å². The molecular weight excluding hydrogens is 256 g/mol. The average Bonchev–Trinajstić information content (AvgIpc) is 2.38. The van der Waals surface area contributed by atoms with Crippen molar-refractivity contribution in [2.24, 2.45) is 5.92 Å². The van der Waals surface area contributed by atoms with Crippen molar-refractivity contribution in [3.8, 4) is 0 Å². The minimum absolute atomic E-state index is 0.410. The van der Waals surface area contributed by atoms with Gasteiger partial charge >= 0.3 is 0 Å². The Bertz CT molecular complexity index is 402. The Hall–Kier alpha value is -0.960. The predicted octanol–water partition coefficient (Wildman–Crippen LogP) is 4.62. The highest BCUT2D eigenvalue weighted by Gasteiger charge is 2.06. The Labute approximate surface area is 121 Å². The number of nitrogens with one attached hydrogen (secondary N) is 1. The molecule has 0 unspecified atom stereocenters. The number of hydrogen-bond donors (Lipinski definition) is 1. The first-order chi connectivity index (χ1) is 9.50. The minimum atomic E-state index is -0.456. The molecule has 0 aliphatic rings. The molecule has 0 amide bonds. The second kappa shape index (κ2) is 9.06. The second-order valence-electron chi connectivity index (χ2n) is 5.95. The maximum absolute atomic E-state index is 13.5. The largest absolute Gasteiger partial charge is 0.316 e. The summed E-state index contributed by atoms with van der Waals surface area (Å²) in [5, 5.41) is 3.41. The molecule has 0 fully saturated rings. The number of halogens is 2. The molecule has 1 rings (SSSR count). The summed E-state index contributed by atoms with van der Waals surface area (Å²) in [6.45, 7) is 8.21. The summed E-state index contributed by atoms with van der Waals surface area (Å²) in [4.78, 5) is 0. The van der Waals surface area contributed by atoms with E-state index < -0.39 is 11.6 Å². The van der Waals surface area contributed by atoms with Gasteiger partial charge in [-0.2, -0.15) is 0 Å². The van der Waals surface area contributed by atoms with Gasteiger partial charge in [0.05, 0.1) is 0 Å². The fourth-order valence-electron chi connectivity index (χ4n) is 2.22. The van der Waals surface area contributed by atoms with Crippen LogP contribution in [0.4, 0.5) is 8.78 Å².